The molecule has 1 fully saturated rings. The molecule has 3 amide bonds. The quantitative estimate of drug-likeness (QED) is 0.259. The Hall–Kier alpha value is -2.34. The molecule has 1 rings (SSSR count). The molecule has 0 spiro atoms. The molecule has 1 aliphatic rings. The van der Waals surface area contributed by atoms with Crippen LogP contribution in [0, 0.1) is 0 Å². The third-order valence-electron chi connectivity index (χ3n) is 4.22. The highest BCUT2D eigenvalue weighted by molar-refractivity contribution is 7.98. The van der Waals surface area contributed by atoms with Crippen molar-refractivity contribution in [2.75, 3.05) is 25.1 Å². The van der Waals surface area contributed by atoms with Crippen molar-refractivity contribution in [1.82, 2.24) is 15.5 Å². The molecule has 0 saturated carbocycles. The van der Waals surface area contributed by atoms with Gasteiger partial charge in [-0.1, -0.05) is 0 Å². The molecule has 1 aliphatic heterocycles. The fourth-order valence-electron chi connectivity index (χ4n) is 2.79. The Morgan fingerprint density at radius 3 is 2.50 bits per heavy atom. The van der Waals surface area contributed by atoms with Gasteiger partial charge in [0.15, 0.2) is 0 Å². The fraction of sp³-hybridized carbons (Fsp3) is 0.688. The Bertz CT molecular complexity index is 616. The number of nitrogens with one attached hydrogen (secondary N) is 2. The highest BCUT2D eigenvalue weighted by Crippen LogP contribution is 2.19. The van der Waals surface area contributed by atoms with Crippen molar-refractivity contribution >= 4 is 41.4 Å². The Labute approximate surface area is 166 Å². The fourth-order valence-corrected chi connectivity index (χ4v) is 3.28. The van der Waals surface area contributed by atoms with Gasteiger partial charge in [-0.05, 0) is 31.3 Å². The minimum absolute atomic E-state index is 0.316. The van der Waals surface area contributed by atoms with Crippen LogP contribution in [0.25, 0.3) is 0 Å². The number of carboxylic acid groups (broad SMARTS) is 2. The molecular weight excluding hydrogens is 392 g/mol. The summed E-state index contributed by atoms with van der Waals surface area (Å²) in [5.41, 5.74) is 5.89. The van der Waals surface area contributed by atoms with Crippen LogP contribution >= 0.6 is 11.8 Å². The first-order chi connectivity index (χ1) is 13.2. The number of likely N-dealkylation sites (tertiary alicyclic amines) is 1. The van der Waals surface area contributed by atoms with E-state index in [2.05, 4.69) is 5.32 Å². The second-order valence-electron chi connectivity index (χ2n) is 6.35. The molecule has 6 N–H and O–H groups in total. The number of rotatable bonds is 11. The van der Waals surface area contributed by atoms with Crippen LogP contribution in [0.15, 0.2) is 0 Å². The van der Waals surface area contributed by atoms with Crippen LogP contribution in [0.5, 0.6) is 0 Å². The molecule has 28 heavy (non-hydrogen) atoms. The van der Waals surface area contributed by atoms with E-state index in [1.54, 1.807) is 11.8 Å². The Balaban J connectivity index is 2.56. The van der Waals surface area contributed by atoms with Crippen molar-refractivity contribution in [2.24, 2.45) is 5.73 Å². The maximum atomic E-state index is 12.4. The van der Waals surface area contributed by atoms with Crippen LogP contribution in [0.4, 0.5) is 0 Å². The topological polar surface area (TPSA) is 179 Å². The highest BCUT2D eigenvalue weighted by atomic mass is 32.2. The predicted molar refractivity (Wildman–Crippen MR) is 101 cm³/mol. The summed E-state index contributed by atoms with van der Waals surface area (Å²) < 4.78 is 0. The number of carbonyl (C=O) groups is 5. The summed E-state index contributed by atoms with van der Waals surface area (Å²) in [4.78, 5) is 59.6. The Kier molecular flexibility index (Phi) is 9.73. The molecule has 3 unspecified atom stereocenters. The van der Waals surface area contributed by atoms with Crippen LogP contribution in [0.2, 0.25) is 0 Å². The molecule has 11 nitrogen and oxygen atoms in total. The van der Waals surface area contributed by atoms with Gasteiger partial charge in [-0.2, -0.15) is 11.8 Å². The van der Waals surface area contributed by atoms with Crippen molar-refractivity contribution in [3.05, 3.63) is 0 Å². The average Bonchev–Trinajstić information content (AvgIpc) is 3.12. The first-order valence-electron chi connectivity index (χ1n) is 8.74. The van der Waals surface area contributed by atoms with E-state index in [0.717, 1.165) is 5.75 Å². The summed E-state index contributed by atoms with van der Waals surface area (Å²) in [7, 11) is 0. The van der Waals surface area contributed by atoms with Crippen LogP contribution in [-0.4, -0.2) is 88.0 Å². The molecule has 158 valence electrons. The van der Waals surface area contributed by atoms with Gasteiger partial charge in [-0.3, -0.25) is 19.2 Å². The first kappa shape index (κ1) is 23.7. The zero-order valence-electron chi connectivity index (χ0n) is 15.6. The minimum atomic E-state index is -1.60. The van der Waals surface area contributed by atoms with E-state index < -0.39 is 54.8 Å². The lowest BCUT2D eigenvalue weighted by atomic mass is 10.1. The molecule has 12 heteroatoms. The van der Waals surface area contributed by atoms with Crippen molar-refractivity contribution in [1.29, 1.82) is 0 Å². The van der Waals surface area contributed by atoms with Crippen molar-refractivity contribution in [3.8, 4) is 0 Å². The van der Waals surface area contributed by atoms with Gasteiger partial charge >= 0.3 is 11.9 Å². The summed E-state index contributed by atoms with van der Waals surface area (Å²) in [5, 5.41) is 22.0. The van der Waals surface area contributed by atoms with Crippen LogP contribution in [0.3, 0.4) is 0 Å². The van der Waals surface area contributed by atoms with Gasteiger partial charge in [0.2, 0.25) is 17.7 Å². The number of amides is 3. The molecule has 0 aliphatic carbocycles. The van der Waals surface area contributed by atoms with E-state index in [4.69, 9.17) is 15.9 Å². The standard InChI is InChI=1S/C16H26N4O7S/c1-28-6-4-9(17)15(25)20-5-2-3-11(20)14(24)18-8-12(21)19-10(16(26)27)7-13(22)23/h9-11H,2-8,17H2,1H3,(H,18,24)(H,19,21)(H,22,23)(H,26,27). The summed E-state index contributed by atoms with van der Waals surface area (Å²) in [6.07, 6.45) is 2.68. The molecule has 0 bridgehead atoms. The average molecular weight is 418 g/mol. The predicted octanol–water partition coefficient (Wildman–Crippen LogP) is -1.78. The SMILES string of the molecule is CSCCC(N)C(=O)N1CCCC1C(=O)NCC(=O)NC(CC(=O)O)C(=O)O. The molecule has 1 heterocycles. The first-order valence-corrected chi connectivity index (χ1v) is 10.1. The molecular formula is C16H26N4O7S. The van der Waals surface area contributed by atoms with Crippen molar-refractivity contribution in [2.45, 2.75) is 43.8 Å². The molecule has 0 aromatic rings. The van der Waals surface area contributed by atoms with Gasteiger partial charge in [0, 0.05) is 6.54 Å². The van der Waals surface area contributed by atoms with Gasteiger partial charge in [-0.15, -0.1) is 0 Å². The number of aliphatic carboxylic acids is 2. The second-order valence-corrected chi connectivity index (χ2v) is 7.34. The van der Waals surface area contributed by atoms with Gasteiger partial charge in [0.25, 0.3) is 0 Å². The molecule has 1 saturated heterocycles. The molecule has 0 aromatic carbocycles. The van der Waals surface area contributed by atoms with Crippen LogP contribution < -0.4 is 16.4 Å². The van der Waals surface area contributed by atoms with E-state index in [0.29, 0.717) is 25.8 Å². The van der Waals surface area contributed by atoms with Crippen molar-refractivity contribution in [3.63, 3.8) is 0 Å². The van der Waals surface area contributed by atoms with Gasteiger partial charge < -0.3 is 31.5 Å². The van der Waals surface area contributed by atoms with Crippen LogP contribution in [-0.2, 0) is 24.0 Å². The number of hydrogen-bond donors (Lipinski definition) is 5. The summed E-state index contributed by atoms with van der Waals surface area (Å²) in [6.45, 7) is -0.130. The summed E-state index contributed by atoms with van der Waals surface area (Å²) in [5.74, 6) is -3.84. The Morgan fingerprint density at radius 1 is 1.25 bits per heavy atom. The number of nitrogens with two attached hydrogens (primary N) is 1. The highest BCUT2D eigenvalue weighted by Gasteiger charge is 2.36. The number of thioether (sulfide) groups is 1. The lowest BCUT2D eigenvalue weighted by Gasteiger charge is -2.26. The van der Waals surface area contributed by atoms with E-state index in [1.807, 2.05) is 11.6 Å². The Morgan fingerprint density at radius 2 is 1.93 bits per heavy atom. The van der Waals surface area contributed by atoms with Gasteiger partial charge in [0.05, 0.1) is 19.0 Å². The largest absolute Gasteiger partial charge is 0.481 e. The van der Waals surface area contributed by atoms with Gasteiger partial charge in [-0.25, -0.2) is 4.79 Å². The number of hydrogen-bond acceptors (Lipinski definition) is 7. The third-order valence-corrected chi connectivity index (χ3v) is 4.87. The zero-order chi connectivity index (χ0) is 21.3. The maximum Gasteiger partial charge on any atom is 0.326 e. The normalized spacial score (nSPS) is 18.2. The minimum Gasteiger partial charge on any atom is -0.481 e. The summed E-state index contributed by atoms with van der Waals surface area (Å²) >= 11 is 1.57. The second kappa shape index (κ2) is 11.5. The van der Waals surface area contributed by atoms with E-state index >= 15 is 0 Å². The maximum absolute atomic E-state index is 12.4. The monoisotopic (exact) mass is 418 g/mol. The van der Waals surface area contributed by atoms with E-state index in [-0.39, 0.29) is 5.91 Å². The van der Waals surface area contributed by atoms with Crippen LogP contribution in [0.1, 0.15) is 25.7 Å². The lowest BCUT2D eigenvalue weighted by Crippen LogP contribution is -2.53. The molecule has 3 atom stereocenters. The van der Waals surface area contributed by atoms with E-state index in [9.17, 15) is 24.0 Å². The van der Waals surface area contributed by atoms with Crippen molar-refractivity contribution < 1.29 is 34.2 Å². The smallest absolute Gasteiger partial charge is 0.326 e. The number of carboxylic acids is 2. The number of nitrogens with zero attached hydrogens (tertiary/aromatic N) is 1. The van der Waals surface area contributed by atoms with Gasteiger partial charge in [0.1, 0.15) is 12.1 Å². The zero-order valence-corrected chi connectivity index (χ0v) is 16.4. The van der Waals surface area contributed by atoms with E-state index in [1.165, 1.54) is 4.90 Å². The lowest BCUT2D eigenvalue weighted by molar-refractivity contribution is -0.147. The molecule has 0 aromatic heterocycles. The summed E-state index contributed by atoms with van der Waals surface area (Å²) in [6, 6.07) is -3.03. The number of carbonyl (C=O) groups excluding carboxylic acids is 3. The molecule has 0 radical (unpaired) electrons. The third kappa shape index (κ3) is 7.35.